The summed E-state index contributed by atoms with van der Waals surface area (Å²) in [5, 5.41) is 13.3. The third-order valence-corrected chi connectivity index (χ3v) is 3.17. The summed E-state index contributed by atoms with van der Waals surface area (Å²) in [5.41, 5.74) is 0.467. The van der Waals surface area contributed by atoms with E-state index in [1.807, 2.05) is 0 Å². The zero-order valence-electron chi connectivity index (χ0n) is 9.45. The van der Waals surface area contributed by atoms with E-state index in [4.69, 9.17) is 34.8 Å². The lowest BCUT2D eigenvalue weighted by Crippen LogP contribution is -2.12. The Hall–Kier alpha value is -1.42. The highest BCUT2D eigenvalue weighted by Gasteiger charge is 2.13. The topological polar surface area (TPSA) is 49.3 Å². The summed E-state index contributed by atoms with van der Waals surface area (Å²) in [6.07, 6.45) is 0. The van der Waals surface area contributed by atoms with E-state index in [0.29, 0.717) is 20.8 Å². The largest absolute Gasteiger partial charge is 0.507 e. The smallest absolute Gasteiger partial charge is 0.259 e. The van der Waals surface area contributed by atoms with Crippen LogP contribution in [0.1, 0.15) is 10.4 Å². The Morgan fingerprint density at radius 3 is 2.32 bits per heavy atom. The predicted octanol–water partition coefficient (Wildman–Crippen LogP) is 4.60. The fraction of sp³-hybridized carbons (Fsp3) is 0. The van der Waals surface area contributed by atoms with Crippen LogP contribution in [-0.2, 0) is 0 Å². The Labute approximate surface area is 124 Å². The fourth-order valence-corrected chi connectivity index (χ4v) is 2.10. The summed E-state index contributed by atoms with van der Waals surface area (Å²) in [6.45, 7) is 0. The summed E-state index contributed by atoms with van der Waals surface area (Å²) in [7, 11) is 0. The first-order valence-electron chi connectivity index (χ1n) is 5.22. The lowest BCUT2D eigenvalue weighted by molar-refractivity contribution is 0.102. The molecule has 98 valence electrons. The van der Waals surface area contributed by atoms with Crippen LogP contribution in [0.15, 0.2) is 36.4 Å². The lowest BCUT2D eigenvalue weighted by Gasteiger charge is -2.09. The van der Waals surface area contributed by atoms with E-state index >= 15 is 0 Å². The maximum Gasteiger partial charge on any atom is 0.259 e. The molecule has 0 aliphatic carbocycles. The SMILES string of the molecule is O=C(Nc1ccc(Cl)cc1Cl)c1cc(Cl)ccc1O. The van der Waals surface area contributed by atoms with Gasteiger partial charge in [0.1, 0.15) is 5.75 Å². The highest BCUT2D eigenvalue weighted by atomic mass is 35.5. The maximum absolute atomic E-state index is 12.0. The number of phenolic OH excluding ortho intramolecular Hbond substituents is 1. The Morgan fingerprint density at radius 1 is 1.00 bits per heavy atom. The molecule has 0 heterocycles. The molecule has 0 fully saturated rings. The molecule has 2 aromatic carbocycles. The van der Waals surface area contributed by atoms with E-state index in [0.717, 1.165) is 0 Å². The molecule has 0 radical (unpaired) electrons. The number of benzene rings is 2. The molecule has 19 heavy (non-hydrogen) atoms. The van der Waals surface area contributed by atoms with Gasteiger partial charge in [-0.15, -0.1) is 0 Å². The van der Waals surface area contributed by atoms with Crippen LogP contribution in [-0.4, -0.2) is 11.0 Å². The Morgan fingerprint density at radius 2 is 1.63 bits per heavy atom. The monoisotopic (exact) mass is 315 g/mol. The van der Waals surface area contributed by atoms with E-state index < -0.39 is 5.91 Å². The van der Waals surface area contributed by atoms with Crippen molar-refractivity contribution in [2.75, 3.05) is 5.32 Å². The van der Waals surface area contributed by atoms with Crippen LogP contribution in [0.2, 0.25) is 15.1 Å². The van der Waals surface area contributed by atoms with E-state index in [1.54, 1.807) is 12.1 Å². The van der Waals surface area contributed by atoms with Crippen LogP contribution in [0.25, 0.3) is 0 Å². The first kappa shape index (κ1) is 14.0. The molecule has 0 aliphatic rings. The Kier molecular flexibility index (Phi) is 4.20. The van der Waals surface area contributed by atoms with Gasteiger partial charge in [0.2, 0.25) is 0 Å². The van der Waals surface area contributed by atoms with Gasteiger partial charge in [0.15, 0.2) is 0 Å². The van der Waals surface area contributed by atoms with Gasteiger partial charge in [0.25, 0.3) is 5.91 Å². The van der Waals surface area contributed by atoms with Crippen molar-refractivity contribution in [3.8, 4) is 5.75 Å². The average Bonchev–Trinajstić information content (AvgIpc) is 2.35. The molecule has 0 saturated heterocycles. The van der Waals surface area contributed by atoms with E-state index in [2.05, 4.69) is 5.32 Å². The van der Waals surface area contributed by atoms with Gasteiger partial charge in [-0.1, -0.05) is 34.8 Å². The van der Waals surface area contributed by atoms with Gasteiger partial charge in [-0.3, -0.25) is 4.79 Å². The van der Waals surface area contributed by atoms with Crippen LogP contribution in [0.5, 0.6) is 5.75 Å². The van der Waals surface area contributed by atoms with E-state index in [9.17, 15) is 9.90 Å². The van der Waals surface area contributed by atoms with Gasteiger partial charge in [0.05, 0.1) is 16.3 Å². The molecule has 0 atom stereocenters. The molecular formula is C13H8Cl3NO2. The van der Waals surface area contributed by atoms with Crippen LogP contribution in [0, 0.1) is 0 Å². The molecular weight excluding hydrogens is 309 g/mol. The maximum atomic E-state index is 12.0. The molecule has 6 heteroatoms. The number of anilines is 1. The Bertz CT molecular complexity index is 644. The molecule has 1 amide bonds. The highest BCUT2D eigenvalue weighted by molar-refractivity contribution is 6.37. The Balaban J connectivity index is 2.28. The van der Waals surface area contributed by atoms with Crippen molar-refractivity contribution in [3.63, 3.8) is 0 Å². The van der Waals surface area contributed by atoms with Gasteiger partial charge in [-0.2, -0.15) is 0 Å². The number of hydrogen-bond acceptors (Lipinski definition) is 2. The van der Waals surface area contributed by atoms with Gasteiger partial charge in [-0.05, 0) is 36.4 Å². The summed E-state index contributed by atoms with van der Waals surface area (Å²) < 4.78 is 0. The summed E-state index contributed by atoms with van der Waals surface area (Å²) in [4.78, 5) is 12.0. The van der Waals surface area contributed by atoms with Gasteiger partial charge >= 0.3 is 0 Å². The van der Waals surface area contributed by atoms with Crippen LogP contribution < -0.4 is 5.32 Å². The van der Waals surface area contributed by atoms with Crippen LogP contribution in [0.3, 0.4) is 0 Å². The lowest BCUT2D eigenvalue weighted by atomic mass is 10.2. The molecule has 0 aliphatic heterocycles. The minimum atomic E-state index is -0.510. The summed E-state index contributed by atoms with van der Waals surface area (Å²) in [5.74, 6) is -0.670. The number of aromatic hydroxyl groups is 1. The second-order valence-corrected chi connectivity index (χ2v) is 5.02. The normalized spacial score (nSPS) is 10.3. The molecule has 2 rings (SSSR count). The van der Waals surface area contributed by atoms with Crippen molar-refractivity contribution in [2.24, 2.45) is 0 Å². The van der Waals surface area contributed by atoms with Crippen molar-refractivity contribution in [1.82, 2.24) is 0 Å². The fourth-order valence-electron chi connectivity index (χ4n) is 1.47. The van der Waals surface area contributed by atoms with Crippen molar-refractivity contribution in [3.05, 3.63) is 57.0 Å². The third-order valence-electron chi connectivity index (χ3n) is 2.38. The molecule has 0 bridgehead atoms. The standard InChI is InChI=1S/C13H8Cl3NO2/c14-7-2-4-12(18)9(5-7)13(19)17-11-3-1-8(15)6-10(11)16/h1-6,18H,(H,17,19). The van der Waals surface area contributed by atoms with Crippen LogP contribution in [0.4, 0.5) is 5.69 Å². The van der Waals surface area contributed by atoms with Crippen LogP contribution >= 0.6 is 34.8 Å². The number of halogens is 3. The number of hydrogen-bond donors (Lipinski definition) is 2. The first-order valence-corrected chi connectivity index (χ1v) is 6.35. The quantitative estimate of drug-likeness (QED) is 0.850. The summed E-state index contributed by atoms with van der Waals surface area (Å²) >= 11 is 17.5. The number of carbonyl (C=O) groups is 1. The van der Waals surface area contributed by atoms with Crippen molar-refractivity contribution in [2.45, 2.75) is 0 Å². The van der Waals surface area contributed by atoms with Crippen molar-refractivity contribution in [1.29, 1.82) is 0 Å². The molecule has 0 saturated carbocycles. The zero-order valence-corrected chi connectivity index (χ0v) is 11.7. The zero-order chi connectivity index (χ0) is 14.0. The number of nitrogens with one attached hydrogen (secondary N) is 1. The van der Waals surface area contributed by atoms with Gasteiger partial charge < -0.3 is 10.4 Å². The van der Waals surface area contributed by atoms with Gasteiger partial charge in [0, 0.05) is 10.0 Å². The average molecular weight is 317 g/mol. The molecule has 0 unspecified atom stereocenters. The predicted molar refractivity (Wildman–Crippen MR) is 77.5 cm³/mol. The van der Waals surface area contributed by atoms with E-state index in [1.165, 1.54) is 24.3 Å². The number of carbonyl (C=O) groups excluding carboxylic acids is 1. The number of rotatable bonds is 2. The third kappa shape index (κ3) is 3.32. The minimum Gasteiger partial charge on any atom is -0.507 e. The molecule has 0 aromatic heterocycles. The van der Waals surface area contributed by atoms with Gasteiger partial charge in [-0.25, -0.2) is 0 Å². The minimum absolute atomic E-state index is 0.0681. The second kappa shape index (κ2) is 5.70. The first-order chi connectivity index (χ1) is 8.97. The second-order valence-electron chi connectivity index (χ2n) is 3.74. The number of phenols is 1. The molecule has 2 N–H and O–H groups in total. The van der Waals surface area contributed by atoms with Crippen molar-refractivity contribution >= 4 is 46.4 Å². The summed E-state index contributed by atoms with van der Waals surface area (Å²) in [6, 6.07) is 8.89. The molecule has 0 spiro atoms. The number of amides is 1. The van der Waals surface area contributed by atoms with Crippen molar-refractivity contribution < 1.29 is 9.90 Å². The molecule has 2 aromatic rings. The molecule has 3 nitrogen and oxygen atoms in total. The van der Waals surface area contributed by atoms with E-state index in [-0.39, 0.29) is 11.3 Å². The highest BCUT2D eigenvalue weighted by Crippen LogP contribution is 2.27.